The summed E-state index contributed by atoms with van der Waals surface area (Å²) in [4.78, 5) is 24.8. The van der Waals surface area contributed by atoms with Gasteiger partial charge in [-0.25, -0.2) is 5.43 Å². The number of nitrogens with zero attached hydrogens (tertiary/aromatic N) is 2. The molecule has 2 heterocycles. The largest absolute Gasteiger partial charge is 0.493 e. The van der Waals surface area contributed by atoms with Crippen molar-refractivity contribution in [1.82, 2.24) is 9.99 Å². The molecule has 2 amide bonds. The third-order valence-corrected chi connectivity index (χ3v) is 6.94. The molecule has 5 aromatic rings. The summed E-state index contributed by atoms with van der Waals surface area (Å²) >= 11 is 5.87. The van der Waals surface area contributed by atoms with Crippen LogP contribution >= 0.6 is 11.6 Å². The zero-order valence-corrected chi connectivity index (χ0v) is 25.6. The molecule has 2 aromatic heterocycles. The van der Waals surface area contributed by atoms with Crippen LogP contribution in [0.25, 0.3) is 5.69 Å². The number of furan rings is 1. The summed E-state index contributed by atoms with van der Waals surface area (Å²) in [6, 6.07) is 26.9. The molecule has 0 aliphatic carbocycles. The molecule has 0 bridgehead atoms. The Hall–Kier alpha value is -5.48. The van der Waals surface area contributed by atoms with Gasteiger partial charge in [0.1, 0.15) is 18.1 Å². The van der Waals surface area contributed by atoms with Crippen LogP contribution in [0, 0.1) is 13.8 Å². The minimum absolute atomic E-state index is 0.0952. The van der Waals surface area contributed by atoms with Gasteiger partial charge in [-0.1, -0.05) is 11.6 Å². The van der Waals surface area contributed by atoms with Gasteiger partial charge in [-0.15, -0.1) is 0 Å². The highest BCUT2D eigenvalue weighted by molar-refractivity contribution is 6.30. The number of carbonyl (C=O) groups excluding carboxylic acids is 2. The van der Waals surface area contributed by atoms with E-state index >= 15 is 0 Å². The van der Waals surface area contributed by atoms with E-state index in [0.717, 1.165) is 17.1 Å². The zero-order valence-electron chi connectivity index (χ0n) is 24.9. The van der Waals surface area contributed by atoms with E-state index < -0.39 is 5.91 Å². The fourth-order valence-electron chi connectivity index (χ4n) is 4.48. The first-order valence-corrected chi connectivity index (χ1v) is 14.3. The first-order valence-electron chi connectivity index (χ1n) is 14.0. The Morgan fingerprint density at radius 2 is 1.62 bits per heavy atom. The quantitative estimate of drug-likeness (QED) is 0.117. The summed E-state index contributed by atoms with van der Waals surface area (Å²) in [7, 11) is 1.48. The summed E-state index contributed by atoms with van der Waals surface area (Å²) in [5.41, 5.74) is 7.04. The van der Waals surface area contributed by atoms with E-state index in [1.54, 1.807) is 54.6 Å². The molecule has 45 heavy (non-hydrogen) atoms. The zero-order chi connectivity index (χ0) is 31.8. The van der Waals surface area contributed by atoms with Gasteiger partial charge in [-0.2, -0.15) is 5.10 Å². The van der Waals surface area contributed by atoms with E-state index in [2.05, 4.69) is 46.4 Å². The van der Waals surface area contributed by atoms with Crippen LogP contribution in [0.5, 0.6) is 17.2 Å². The van der Waals surface area contributed by atoms with Crippen LogP contribution in [-0.2, 0) is 11.4 Å². The maximum atomic E-state index is 12.6. The smallest absolute Gasteiger partial charge is 0.307 e. The van der Waals surface area contributed by atoms with Crippen LogP contribution in [-0.4, -0.2) is 36.3 Å². The number of hydrogen-bond acceptors (Lipinski definition) is 7. The van der Waals surface area contributed by atoms with E-state index in [-0.39, 0.29) is 24.9 Å². The number of methoxy groups -OCH3 is 1. The van der Waals surface area contributed by atoms with Crippen molar-refractivity contribution in [2.75, 3.05) is 19.0 Å². The maximum Gasteiger partial charge on any atom is 0.307 e. The second kappa shape index (κ2) is 14.3. The SMILES string of the molecule is COc1cc(/C=N/NC(=O)c2ccc(COc3ccc(-n4c(C)ccc4C)cc3)o2)ccc1OCC(=O)Nc1ccc(Cl)cc1. The number of rotatable bonds is 12. The molecule has 11 heteroatoms. The van der Waals surface area contributed by atoms with Crippen LogP contribution in [0.15, 0.2) is 101 Å². The van der Waals surface area contributed by atoms with Gasteiger partial charge in [-0.05, 0) is 110 Å². The number of benzene rings is 3. The molecule has 0 radical (unpaired) electrons. The molecule has 0 aliphatic rings. The van der Waals surface area contributed by atoms with Crippen molar-refractivity contribution in [2.24, 2.45) is 5.10 Å². The number of hydrogen-bond donors (Lipinski definition) is 2. The molecule has 3 aromatic carbocycles. The fourth-order valence-corrected chi connectivity index (χ4v) is 4.60. The molecule has 0 saturated heterocycles. The van der Waals surface area contributed by atoms with Crippen molar-refractivity contribution in [2.45, 2.75) is 20.5 Å². The highest BCUT2D eigenvalue weighted by Gasteiger charge is 2.12. The number of anilines is 1. The summed E-state index contributed by atoms with van der Waals surface area (Å²) in [5.74, 6) is 1.18. The summed E-state index contributed by atoms with van der Waals surface area (Å²) in [6.07, 6.45) is 1.45. The topological polar surface area (TPSA) is 116 Å². The number of halogens is 1. The highest BCUT2D eigenvalue weighted by atomic mass is 35.5. The second-order valence-electron chi connectivity index (χ2n) is 9.95. The predicted molar refractivity (Wildman–Crippen MR) is 172 cm³/mol. The number of aryl methyl sites for hydroxylation is 2. The van der Waals surface area contributed by atoms with Crippen LogP contribution in [0.2, 0.25) is 5.02 Å². The number of hydrazone groups is 1. The molecule has 0 saturated carbocycles. The maximum absolute atomic E-state index is 12.6. The molecule has 10 nitrogen and oxygen atoms in total. The molecule has 230 valence electrons. The van der Waals surface area contributed by atoms with Gasteiger partial charge >= 0.3 is 5.91 Å². The predicted octanol–water partition coefficient (Wildman–Crippen LogP) is 6.71. The van der Waals surface area contributed by atoms with Crippen molar-refractivity contribution in [3.8, 4) is 22.9 Å². The first-order chi connectivity index (χ1) is 21.8. The second-order valence-corrected chi connectivity index (χ2v) is 10.4. The first kappa shape index (κ1) is 31.0. The Morgan fingerprint density at radius 3 is 2.33 bits per heavy atom. The lowest BCUT2D eigenvalue weighted by Gasteiger charge is -2.11. The van der Waals surface area contributed by atoms with Gasteiger partial charge in [0.25, 0.3) is 5.91 Å². The van der Waals surface area contributed by atoms with E-state index in [9.17, 15) is 9.59 Å². The van der Waals surface area contributed by atoms with E-state index in [4.69, 9.17) is 30.2 Å². The van der Waals surface area contributed by atoms with Gasteiger partial charge < -0.3 is 28.5 Å². The van der Waals surface area contributed by atoms with Crippen molar-refractivity contribution in [3.63, 3.8) is 0 Å². The van der Waals surface area contributed by atoms with Crippen LogP contribution < -0.4 is 25.0 Å². The van der Waals surface area contributed by atoms with Crippen LogP contribution in [0.1, 0.15) is 33.3 Å². The molecule has 0 unspecified atom stereocenters. The standard InChI is InChI=1S/C34H31ClN4O6/c1-22-4-5-23(2)39(22)27-11-13-28(14-12-27)43-20-29-15-17-31(45-29)34(41)38-36-19-24-6-16-30(32(18-24)42-3)44-21-33(40)37-26-9-7-25(35)8-10-26/h4-19H,20-21H2,1-3H3,(H,37,40)(H,38,41)/b36-19+. The average molecular weight is 627 g/mol. The number of ether oxygens (including phenoxy) is 3. The Bertz CT molecular complexity index is 1790. The molecule has 0 spiro atoms. The summed E-state index contributed by atoms with van der Waals surface area (Å²) < 4.78 is 24.6. The third kappa shape index (κ3) is 8.12. The lowest BCUT2D eigenvalue weighted by molar-refractivity contribution is -0.118. The summed E-state index contributed by atoms with van der Waals surface area (Å²) in [6.45, 7) is 4.06. The van der Waals surface area contributed by atoms with E-state index in [1.165, 1.54) is 13.3 Å². The fraction of sp³-hybridized carbons (Fsp3) is 0.147. The minimum atomic E-state index is -0.516. The Morgan fingerprint density at radius 1 is 0.889 bits per heavy atom. The lowest BCUT2D eigenvalue weighted by atomic mass is 10.2. The van der Waals surface area contributed by atoms with Crippen molar-refractivity contribution in [1.29, 1.82) is 0 Å². The number of amides is 2. The Labute approximate surface area is 265 Å². The number of aromatic nitrogens is 1. The van der Waals surface area contributed by atoms with E-state index in [1.807, 2.05) is 24.3 Å². The molecular weight excluding hydrogens is 596 g/mol. The molecule has 5 rings (SSSR count). The van der Waals surface area contributed by atoms with Gasteiger partial charge in [0, 0.05) is 27.8 Å². The minimum Gasteiger partial charge on any atom is -0.493 e. The van der Waals surface area contributed by atoms with Crippen LogP contribution in [0.3, 0.4) is 0 Å². The molecule has 2 N–H and O–H groups in total. The van der Waals surface area contributed by atoms with Gasteiger partial charge in [0.2, 0.25) is 0 Å². The molecule has 0 atom stereocenters. The Balaban J connectivity index is 1.09. The molecular formula is C34H31ClN4O6. The number of nitrogens with one attached hydrogen (secondary N) is 2. The van der Waals surface area contributed by atoms with E-state index in [0.29, 0.717) is 39.3 Å². The van der Waals surface area contributed by atoms with Gasteiger partial charge in [-0.3, -0.25) is 9.59 Å². The van der Waals surface area contributed by atoms with Crippen molar-refractivity contribution >= 4 is 35.3 Å². The summed E-state index contributed by atoms with van der Waals surface area (Å²) in [5, 5.41) is 7.31. The third-order valence-electron chi connectivity index (χ3n) is 6.69. The Kier molecular flexibility index (Phi) is 9.86. The average Bonchev–Trinajstić information content (AvgIpc) is 3.66. The highest BCUT2D eigenvalue weighted by Crippen LogP contribution is 2.28. The van der Waals surface area contributed by atoms with Crippen molar-refractivity contribution < 1.29 is 28.2 Å². The molecule has 0 fully saturated rings. The van der Waals surface area contributed by atoms with Gasteiger partial charge in [0.15, 0.2) is 23.9 Å². The number of carbonyl (C=O) groups is 2. The molecule has 0 aliphatic heterocycles. The van der Waals surface area contributed by atoms with Crippen LogP contribution in [0.4, 0.5) is 5.69 Å². The lowest BCUT2D eigenvalue weighted by Crippen LogP contribution is -2.20. The monoisotopic (exact) mass is 626 g/mol. The normalized spacial score (nSPS) is 10.9. The van der Waals surface area contributed by atoms with Gasteiger partial charge in [0.05, 0.1) is 13.3 Å². The van der Waals surface area contributed by atoms with Crippen molar-refractivity contribution in [3.05, 3.63) is 124 Å².